The van der Waals surface area contributed by atoms with Gasteiger partial charge in [-0.3, -0.25) is 24.5 Å². The Morgan fingerprint density at radius 1 is 0.978 bits per heavy atom. The fraction of sp³-hybridized carbons (Fsp3) is 0.303. The molecule has 2 atom stereocenters. The third-order valence-electron chi connectivity index (χ3n) is 7.85. The zero-order valence-corrected chi connectivity index (χ0v) is 24.8. The molecule has 0 saturated carbocycles. The standard InChI is InChI=1S/C33H34N6O6/c1-43-30-16-21-7-11-29(30)44-20-32(41)36-27-19-39(33(42)26-17-25(37-38-26)24-4-2-3-14-34-24)15-13-28(27)45-23-9-5-22(6-10-23)18-35-31(40)12-8-21/h2-7,9-11,14,16-17,27-28H,8,12-13,15,18-20H2,1H3,(H,35,40)(H,36,41)(H,37,38)/t27-,28-/m1/s1. The number of H-pyrrole nitrogens is 1. The minimum atomic E-state index is -0.522. The number of aromatic amines is 1. The van der Waals surface area contributed by atoms with Gasteiger partial charge in [0, 0.05) is 38.7 Å². The molecule has 0 aliphatic carbocycles. The summed E-state index contributed by atoms with van der Waals surface area (Å²) in [5.74, 6) is 0.831. The highest BCUT2D eigenvalue weighted by Gasteiger charge is 2.35. The number of aromatic nitrogens is 3. The van der Waals surface area contributed by atoms with Gasteiger partial charge in [-0.15, -0.1) is 0 Å². The normalized spacial score (nSPS) is 19.0. The van der Waals surface area contributed by atoms with Crippen molar-refractivity contribution >= 4 is 17.7 Å². The molecular weight excluding hydrogens is 576 g/mol. The molecular formula is C33H34N6O6. The van der Waals surface area contributed by atoms with Crippen LogP contribution in [-0.4, -0.2) is 76.8 Å². The van der Waals surface area contributed by atoms with Crippen molar-refractivity contribution in [2.24, 2.45) is 0 Å². The Hall–Kier alpha value is -5.39. The van der Waals surface area contributed by atoms with E-state index in [1.165, 1.54) is 7.11 Å². The average molecular weight is 611 g/mol. The number of nitrogens with zero attached hydrogens (tertiary/aromatic N) is 3. The van der Waals surface area contributed by atoms with E-state index in [0.717, 1.165) is 11.1 Å². The van der Waals surface area contributed by atoms with Gasteiger partial charge in [-0.2, -0.15) is 5.10 Å². The first-order valence-corrected chi connectivity index (χ1v) is 14.8. The maximum Gasteiger partial charge on any atom is 0.271 e. The number of benzene rings is 2. The minimum absolute atomic E-state index is 0.0621. The number of pyridine rings is 1. The van der Waals surface area contributed by atoms with Crippen LogP contribution in [0.25, 0.3) is 11.4 Å². The second-order valence-corrected chi connectivity index (χ2v) is 10.9. The second kappa shape index (κ2) is 13.5. The highest BCUT2D eigenvalue weighted by molar-refractivity contribution is 5.93. The topological polar surface area (TPSA) is 148 Å². The van der Waals surface area contributed by atoms with Gasteiger partial charge in [-0.1, -0.05) is 24.3 Å². The summed E-state index contributed by atoms with van der Waals surface area (Å²) in [5.41, 5.74) is 3.39. The molecule has 1 saturated heterocycles. The molecule has 5 aliphatic rings. The first kappa shape index (κ1) is 29.7. The smallest absolute Gasteiger partial charge is 0.271 e. The van der Waals surface area contributed by atoms with Gasteiger partial charge in [0.05, 0.1) is 18.8 Å². The summed E-state index contributed by atoms with van der Waals surface area (Å²) in [4.78, 5) is 45.2. The maximum atomic E-state index is 13.5. The summed E-state index contributed by atoms with van der Waals surface area (Å²) in [6.07, 6.45) is 2.58. The van der Waals surface area contributed by atoms with Crippen LogP contribution in [0.4, 0.5) is 0 Å². The largest absolute Gasteiger partial charge is 0.493 e. The van der Waals surface area contributed by atoms with E-state index in [-0.39, 0.29) is 30.9 Å². The van der Waals surface area contributed by atoms with E-state index >= 15 is 0 Å². The Balaban J connectivity index is 1.21. The monoisotopic (exact) mass is 610 g/mol. The quantitative estimate of drug-likeness (QED) is 0.321. The van der Waals surface area contributed by atoms with Crippen LogP contribution < -0.4 is 24.8 Å². The number of rotatable bonds is 3. The van der Waals surface area contributed by atoms with Crippen LogP contribution in [0.1, 0.15) is 34.5 Å². The lowest BCUT2D eigenvalue weighted by Crippen LogP contribution is -2.58. The zero-order chi connectivity index (χ0) is 31.2. The van der Waals surface area contributed by atoms with Crippen LogP contribution in [0, 0.1) is 0 Å². The number of piperidine rings is 1. The van der Waals surface area contributed by atoms with Crippen LogP contribution >= 0.6 is 0 Å². The molecule has 0 radical (unpaired) electrons. The van der Waals surface area contributed by atoms with E-state index in [1.807, 2.05) is 48.5 Å². The Morgan fingerprint density at radius 3 is 2.62 bits per heavy atom. The van der Waals surface area contributed by atoms with Gasteiger partial charge >= 0.3 is 0 Å². The van der Waals surface area contributed by atoms with Crippen molar-refractivity contribution in [1.29, 1.82) is 0 Å². The number of carbonyl (C=O) groups is 3. The molecule has 2 aromatic carbocycles. The van der Waals surface area contributed by atoms with Gasteiger partial charge in [-0.25, -0.2) is 0 Å². The molecule has 0 spiro atoms. The summed E-state index contributed by atoms with van der Waals surface area (Å²) >= 11 is 0. The minimum Gasteiger partial charge on any atom is -0.493 e. The molecule has 0 unspecified atom stereocenters. The van der Waals surface area contributed by atoms with E-state index in [1.54, 1.807) is 29.3 Å². The third-order valence-corrected chi connectivity index (χ3v) is 7.85. The molecule has 12 nitrogen and oxygen atoms in total. The summed E-state index contributed by atoms with van der Waals surface area (Å²) in [6, 6.07) is 19.5. The van der Waals surface area contributed by atoms with Crippen LogP contribution in [0.15, 0.2) is 72.9 Å². The van der Waals surface area contributed by atoms with Crippen molar-refractivity contribution in [2.75, 3.05) is 26.8 Å². The summed E-state index contributed by atoms with van der Waals surface area (Å²) in [5, 5.41) is 13.1. The predicted molar refractivity (Wildman–Crippen MR) is 164 cm³/mol. The molecule has 3 amide bonds. The van der Waals surface area contributed by atoms with Crippen molar-refractivity contribution in [3.05, 3.63) is 89.7 Å². The SMILES string of the molecule is COc1cc2ccc1OCC(=O)N[C@@H]1CN(C(=O)c3cc(-c4ccccn4)n[nH]3)CC[C@H]1Oc1ccc(cc1)CNC(=O)CC2. The molecule has 7 heterocycles. The fourth-order valence-electron chi connectivity index (χ4n) is 5.43. The van der Waals surface area contributed by atoms with Crippen molar-refractivity contribution in [2.45, 2.75) is 38.0 Å². The molecule has 1 fully saturated rings. The molecule has 3 N–H and O–H groups in total. The number of methoxy groups -OCH3 is 1. The molecule has 4 bridgehead atoms. The molecule has 12 heteroatoms. The summed E-state index contributed by atoms with van der Waals surface area (Å²) in [7, 11) is 1.52. The van der Waals surface area contributed by atoms with Crippen LogP contribution in [0.5, 0.6) is 17.2 Å². The molecule has 5 aliphatic heterocycles. The summed E-state index contributed by atoms with van der Waals surface area (Å²) in [6.45, 7) is 0.759. The van der Waals surface area contributed by atoms with Gasteiger partial charge in [0.1, 0.15) is 23.2 Å². The number of carbonyl (C=O) groups excluding carboxylic acids is 3. The summed E-state index contributed by atoms with van der Waals surface area (Å²) < 4.78 is 17.7. The Kier molecular flexibility index (Phi) is 8.90. The third kappa shape index (κ3) is 7.23. The average Bonchev–Trinajstić information content (AvgIpc) is 3.57. The van der Waals surface area contributed by atoms with Crippen molar-refractivity contribution in [1.82, 2.24) is 30.7 Å². The van der Waals surface area contributed by atoms with E-state index in [4.69, 9.17) is 14.2 Å². The molecule has 2 aromatic heterocycles. The van der Waals surface area contributed by atoms with Crippen LogP contribution in [-0.2, 0) is 22.6 Å². The highest BCUT2D eigenvalue weighted by Crippen LogP contribution is 2.29. The lowest BCUT2D eigenvalue weighted by atomic mass is 10.0. The number of hydrogen-bond acceptors (Lipinski definition) is 8. The lowest BCUT2D eigenvalue weighted by molar-refractivity contribution is -0.125. The Bertz CT molecular complexity index is 1660. The van der Waals surface area contributed by atoms with E-state index in [9.17, 15) is 14.4 Å². The van der Waals surface area contributed by atoms with Crippen molar-refractivity contribution in [3.63, 3.8) is 0 Å². The van der Waals surface area contributed by atoms with Gasteiger partial charge in [0.15, 0.2) is 18.1 Å². The first-order valence-electron chi connectivity index (χ1n) is 14.8. The van der Waals surface area contributed by atoms with Crippen LogP contribution in [0.3, 0.4) is 0 Å². The van der Waals surface area contributed by atoms with Gasteiger partial charge in [0.25, 0.3) is 11.8 Å². The number of aryl methyl sites for hydroxylation is 1. The van der Waals surface area contributed by atoms with Crippen molar-refractivity contribution < 1.29 is 28.6 Å². The first-order chi connectivity index (χ1) is 21.9. The molecule has 232 valence electrons. The molecule has 4 aromatic rings. The Labute approximate surface area is 260 Å². The van der Waals surface area contributed by atoms with Gasteiger partial charge < -0.3 is 29.7 Å². The number of nitrogens with one attached hydrogen (secondary N) is 3. The number of amides is 3. The number of likely N-dealkylation sites (tertiary alicyclic amines) is 1. The van der Waals surface area contributed by atoms with Gasteiger partial charge in [0.2, 0.25) is 5.91 Å². The lowest BCUT2D eigenvalue weighted by Gasteiger charge is -2.38. The highest BCUT2D eigenvalue weighted by atomic mass is 16.5. The second-order valence-electron chi connectivity index (χ2n) is 10.9. The van der Waals surface area contributed by atoms with Crippen molar-refractivity contribution in [3.8, 4) is 28.6 Å². The molecule has 45 heavy (non-hydrogen) atoms. The fourth-order valence-corrected chi connectivity index (χ4v) is 5.43. The Morgan fingerprint density at radius 2 is 1.82 bits per heavy atom. The van der Waals surface area contributed by atoms with Gasteiger partial charge in [-0.05, 0) is 60.0 Å². The predicted octanol–water partition coefficient (Wildman–Crippen LogP) is 2.90. The van der Waals surface area contributed by atoms with E-state index < -0.39 is 12.1 Å². The number of ether oxygens (including phenoxy) is 3. The van der Waals surface area contributed by atoms with E-state index in [0.29, 0.717) is 66.7 Å². The molecule has 9 rings (SSSR count). The zero-order valence-electron chi connectivity index (χ0n) is 24.8. The van der Waals surface area contributed by atoms with E-state index in [2.05, 4.69) is 25.8 Å². The number of hydrogen-bond donors (Lipinski definition) is 3. The van der Waals surface area contributed by atoms with Crippen LogP contribution in [0.2, 0.25) is 0 Å². The maximum absolute atomic E-state index is 13.5.